The highest BCUT2D eigenvalue weighted by Gasteiger charge is 2.30. The van der Waals surface area contributed by atoms with Gasteiger partial charge in [-0.3, -0.25) is 0 Å². The number of para-hydroxylation sites is 2. The lowest BCUT2D eigenvalue weighted by Crippen LogP contribution is -2.46. The summed E-state index contributed by atoms with van der Waals surface area (Å²) in [5.74, 6) is 0.792. The summed E-state index contributed by atoms with van der Waals surface area (Å²) in [6.07, 6.45) is -0.227. The Morgan fingerprint density at radius 3 is 2.75 bits per heavy atom. The van der Waals surface area contributed by atoms with E-state index in [4.69, 9.17) is 16.3 Å². The highest BCUT2D eigenvalue weighted by molar-refractivity contribution is 7.91. The van der Waals surface area contributed by atoms with Gasteiger partial charge in [-0.15, -0.1) is 11.3 Å². The molecule has 2 heterocycles. The zero-order valence-electron chi connectivity index (χ0n) is 13.5. The Kier molecular flexibility index (Phi) is 5.05. The molecule has 0 aliphatic carbocycles. The second-order valence-corrected chi connectivity index (χ2v) is 9.58. The Morgan fingerprint density at radius 1 is 1.33 bits per heavy atom. The monoisotopic (exact) mass is 386 g/mol. The number of hydrogen-bond acceptors (Lipinski definition) is 5. The minimum atomic E-state index is -3.55. The number of halogens is 1. The number of benzene rings is 1. The van der Waals surface area contributed by atoms with Crippen LogP contribution < -0.4 is 9.64 Å². The molecule has 130 valence electrons. The summed E-state index contributed by atoms with van der Waals surface area (Å²) in [5.41, 5.74) is 1.05. The Bertz CT molecular complexity index is 822. The molecule has 0 unspecified atom stereocenters. The molecule has 1 aromatic carbocycles. The summed E-state index contributed by atoms with van der Waals surface area (Å²) < 4.78 is 33.3. The van der Waals surface area contributed by atoms with E-state index < -0.39 is 10.0 Å². The number of hydrogen-bond donors (Lipinski definition) is 0. The number of thiophene rings is 1. The number of rotatable bonds is 5. The number of nitrogens with zero attached hydrogens (tertiary/aromatic N) is 2. The normalized spacial score (nSPS) is 17.7. The van der Waals surface area contributed by atoms with Crippen LogP contribution in [0.15, 0.2) is 40.6 Å². The van der Waals surface area contributed by atoms with E-state index in [1.807, 2.05) is 24.3 Å². The van der Waals surface area contributed by atoms with Crippen LogP contribution in [0.25, 0.3) is 0 Å². The number of fused-ring (bicyclic) bond motifs is 1. The van der Waals surface area contributed by atoms with Gasteiger partial charge in [0.15, 0.2) is 0 Å². The molecule has 3 rings (SSSR count). The lowest BCUT2D eigenvalue weighted by molar-refractivity contribution is 0.171. The van der Waals surface area contributed by atoms with Gasteiger partial charge in [-0.05, 0) is 31.2 Å². The molecule has 0 saturated carbocycles. The van der Waals surface area contributed by atoms with Gasteiger partial charge in [0.25, 0.3) is 10.0 Å². The van der Waals surface area contributed by atoms with Crippen molar-refractivity contribution in [1.82, 2.24) is 4.31 Å². The fourth-order valence-corrected chi connectivity index (χ4v) is 5.64. The first-order valence-electron chi connectivity index (χ1n) is 7.64. The maximum Gasteiger partial charge on any atom is 0.252 e. The molecule has 0 fully saturated rings. The SMILES string of the molecule is CCN1C[C@@H](CN(C)S(=O)(=O)c2ccc(Cl)s2)Oc2ccccc21. The molecule has 5 nitrogen and oxygen atoms in total. The molecule has 0 radical (unpaired) electrons. The highest BCUT2D eigenvalue weighted by atomic mass is 35.5. The van der Waals surface area contributed by atoms with Crippen molar-refractivity contribution in [2.45, 2.75) is 17.2 Å². The Morgan fingerprint density at radius 2 is 2.08 bits per heavy atom. The minimum absolute atomic E-state index is 0.227. The zero-order valence-corrected chi connectivity index (χ0v) is 15.9. The van der Waals surface area contributed by atoms with E-state index in [2.05, 4.69) is 11.8 Å². The van der Waals surface area contributed by atoms with Gasteiger partial charge in [-0.1, -0.05) is 23.7 Å². The van der Waals surface area contributed by atoms with Gasteiger partial charge in [0.1, 0.15) is 16.1 Å². The molecular weight excluding hydrogens is 368 g/mol. The van der Waals surface area contributed by atoms with Crippen molar-refractivity contribution in [3.8, 4) is 5.75 Å². The smallest absolute Gasteiger partial charge is 0.252 e. The van der Waals surface area contributed by atoms with Crippen molar-refractivity contribution in [3.05, 3.63) is 40.7 Å². The number of sulfonamides is 1. The van der Waals surface area contributed by atoms with E-state index in [1.165, 1.54) is 10.4 Å². The van der Waals surface area contributed by atoms with E-state index >= 15 is 0 Å². The van der Waals surface area contributed by atoms with Gasteiger partial charge in [-0.2, -0.15) is 4.31 Å². The molecule has 8 heteroatoms. The second kappa shape index (κ2) is 6.92. The van der Waals surface area contributed by atoms with Crippen molar-refractivity contribution < 1.29 is 13.2 Å². The van der Waals surface area contributed by atoms with Crippen molar-refractivity contribution >= 4 is 38.6 Å². The standard InChI is InChI=1S/C16H19ClN2O3S2/c1-3-19-11-12(22-14-7-5-4-6-13(14)19)10-18(2)24(20,21)16-9-8-15(17)23-16/h4-9,12H,3,10-11H2,1-2H3/t12-/m1/s1. The van der Waals surface area contributed by atoms with Crippen LogP contribution in [-0.2, 0) is 10.0 Å². The molecular formula is C16H19ClN2O3S2. The van der Waals surface area contributed by atoms with E-state index in [0.717, 1.165) is 29.3 Å². The van der Waals surface area contributed by atoms with Gasteiger partial charge in [0, 0.05) is 13.6 Å². The summed E-state index contributed by atoms with van der Waals surface area (Å²) in [6, 6.07) is 11.0. The molecule has 1 aliphatic heterocycles. The first-order valence-corrected chi connectivity index (χ1v) is 10.3. The Balaban J connectivity index is 1.77. The molecule has 0 bridgehead atoms. The Hall–Kier alpha value is -1.28. The third kappa shape index (κ3) is 3.39. The van der Waals surface area contributed by atoms with Crippen LogP contribution in [0.5, 0.6) is 5.75 Å². The maximum atomic E-state index is 12.6. The molecule has 0 amide bonds. The predicted octanol–water partition coefficient (Wildman–Crippen LogP) is 3.31. The van der Waals surface area contributed by atoms with E-state index in [0.29, 0.717) is 10.9 Å². The van der Waals surface area contributed by atoms with Crippen LogP contribution in [0.1, 0.15) is 6.92 Å². The van der Waals surface area contributed by atoms with E-state index in [9.17, 15) is 8.42 Å². The first-order chi connectivity index (χ1) is 11.4. The first kappa shape index (κ1) is 17.5. The second-order valence-electron chi connectivity index (χ2n) is 5.59. The number of anilines is 1. The fourth-order valence-electron chi connectivity index (χ4n) is 2.75. The summed E-state index contributed by atoms with van der Waals surface area (Å²) in [5, 5.41) is 0. The van der Waals surface area contributed by atoms with Crippen LogP contribution in [0.4, 0.5) is 5.69 Å². The average molecular weight is 387 g/mol. The van der Waals surface area contributed by atoms with Crippen LogP contribution in [0, 0.1) is 0 Å². The lowest BCUT2D eigenvalue weighted by Gasteiger charge is -2.36. The highest BCUT2D eigenvalue weighted by Crippen LogP contribution is 2.33. The topological polar surface area (TPSA) is 49.9 Å². The number of ether oxygens (including phenoxy) is 1. The van der Waals surface area contributed by atoms with Gasteiger partial charge in [-0.25, -0.2) is 8.42 Å². The molecule has 0 N–H and O–H groups in total. The van der Waals surface area contributed by atoms with Gasteiger partial charge in [0.05, 0.1) is 23.1 Å². The van der Waals surface area contributed by atoms with Crippen LogP contribution in [0.2, 0.25) is 4.34 Å². The summed E-state index contributed by atoms with van der Waals surface area (Å²) in [6.45, 7) is 3.85. The average Bonchev–Trinajstić information content (AvgIpc) is 3.01. The third-order valence-electron chi connectivity index (χ3n) is 3.98. The van der Waals surface area contributed by atoms with Crippen LogP contribution in [0.3, 0.4) is 0 Å². The predicted molar refractivity (Wildman–Crippen MR) is 97.9 cm³/mol. The molecule has 1 aromatic heterocycles. The number of likely N-dealkylation sites (N-methyl/N-ethyl adjacent to an activating group) is 2. The fraction of sp³-hybridized carbons (Fsp3) is 0.375. The molecule has 0 spiro atoms. The van der Waals surface area contributed by atoms with Crippen LogP contribution >= 0.6 is 22.9 Å². The molecule has 0 saturated heterocycles. The largest absolute Gasteiger partial charge is 0.485 e. The quantitative estimate of drug-likeness (QED) is 0.791. The summed E-state index contributed by atoms with van der Waals surface area (Å²) in [4.78, 5) is 2.20. The van der Waals surface area contributed by atoms with Gasteiger partial charge >= 0.3 is 0 Å². The Labute approximate surface area is 151 Å². The maximum absolute atomic E-state index is 12.6. The van der Waals surface area contributed by atoms with Gasteiger partial charge in [0.2, 0.25) is 0 Å². The van der Waals surface area contributed by atoms with Crippen molar-refractivity contribution in [1.29, 1.82) is 0 Å². The zero-order chi connectivity index (χ0) is 17.3. The molecule has 1 aliphatic rings. The van der Waals surface area contributed by atoms with Crippen molar-refractivity contribution in [2.24, 2.45) is 0 Å². The lowest BCUT2D eigenvalue weighted by atomic mass is 10.2. The van der Waals surface area contributed by atoms with E-state index in [1.54, 1.807) is 13.1 Å². The van der Waals surface area contributed by atoms with Crippen molar-refractivity contribution in [3.63, 3.8) is 0 Å². The summed E-state index contributed by atoms with van der Waals surface area (Å²) in [7, 11) is -1.98. The third-order valence-corrected chi connectivity index (χ3v) is 7.50. The van der Waals surface area contributed by atoms with Gasteiger partial charge < -0.3 is 9.64 Å². The summed E-state index contributed by atoms with van der Waals surface area (Å²) >= 11 is 6.92. The molecule has 1 atom stereocenters. The van der Waals surface area contributed by atoms with Crippen LogP contribution in [-0.4, -0.2) is 45.5 Å². The van der Waals surface area contributed by atoms with Crippen molar-refractivity contribution in [2.75, 3.05) is 31.6 Å². The molecule has 2 aromatic rings. The van der Waals surface area contributed by atoms with E-state index in [-0.39, 0.29) is 16.9 Å². The minimum Gasteiger partial charge on any atom is -0.485 e. The molecule has 24 heavy (non-hydrogen) atoms.